The normalized spacial score (nSPS) is 10.2. The Balaban J connectivity index is 2.03. The predicted molar refractivity (Wildman–Crippen MR) is 69.6 cm³/mol. The molecule has 98 valence electrons. The number of carbonyl (C=O) groups excluding carboxylic acids is 2. The van der Waals surface area contributed by atoms with Crippen LogP contribution in [-0.4, -0.2) is 11.8 Å². The van der Waals surface area contributed by atoms with Crippen molar-refractivity contribution in [3.8, 4) is 0 Å². The molecule has 0 atom stereocenters. The lowest BCUT2D eigenvalue weighted by Gasteiger charge is -2.05. The van der Waals surface area contributed by atoms with Gasteiger partial charge in [-0.15, -0.1) is 0 Å². The maximum atomic E-state index is 11.8. The topological polar surface area (TPSA) is 85.3 Å². The van der Waals surface area contributed by atoms with Crippen molar-refractivity contribution in [3.05, 3.63) is 59.0 Å². The highest BCUT2D eigenvalue weighted by atomic mass is 16.3. The van der Waals surface area contributed by atoms with Crippen molar-refractivity contribution in [2.75, 3.05) is 0 Å². The summed E-state index contributed by atoms with van der Waals surface area (Å²) in [7, 11) is 0. The second-order valence-electron chi connectivity index (χ2n) is 4.18. The van der Waals surface area contributed by atoms with Gasteiger partial charge in [-0.1, -0.05) is 12.1 Å². The van der Waals surface area contributed by atoms with E-state index in [-0.39, 0.29) is 5.91 Å². The number of nitrogens with two attached hydrogens (primary N) is 1. The number of hydrogen-bond donors (Lipinski definition) is 2. The molecule has 5 heteroatoms. The highest BCUT2D eigenvalue weighted by molar-refractivity contribution is 5.93. The predicted octanol–water partition coefficient (Wildman–Crippen LogP) is 1.62. The molecular weight excluding hydrogens is 244 g/mol. The van der Waals surface area contributed by atoms with E-state index >= 15 is 0 Å². The lowest BCUT2D eigenvalue weighted by atomic mass is 10.1. The highest BCUT2D eigenvalue weighted by Crippen LogP contribution is 2.09. The molecule has 0 fully saturated rings. The molecule has 0 aliphatic carbocycles. The minimum atomic E-state index is -0.491. The van der Waals surface area contributed by atoms with Crippen LogP contribution in [0, 0.1) is 6.92 Å². The van der Waals surface area contributed by atoms with E-state index in [2.05, 4.69) is 5.32 Å². The summed E-state index contributed by atoms with van der Waals surface area (Å²) in [5.74, 6) is -0.479. The third-order valence-corrected chi connectivity index (χ3v) is 2.73. The number of furan rings is 1. The molecular formula is C14H14N2O3. The Morgan fingerprint density at radius 3 is 2.74 bits per heavy atom. The molecule has 0 aliphatic rings. The molecule has 0 spiro atoms. The van der Waals surface area contributed by atoms with Crippen molar-refractivity contribution in [1.29, 1.82) is 0 Å². The molecule has 0 unspecified atom stereocenters. The fourth-order valence-corrected chi connectivity index (χ4v) is 1.70. The summed E-state index contributed by atoms with van der Waals surface area (Å²) in [4.78, 5) is 22.9. The second-order valence-corrected chi connectivity index (χ2v) is 4.18. The monoisotopic (exact) mass is 258 g/mol. The smallest absolute Gasteiger partial charge is 0.287 e. The third kappa shape index (κ3) is 3.01. The third-order valence-electron chi connectivity index (χ3n) is 2.73. The Hall–Kier alpha value is -2.56. The van der Waals surface area contributed by atoms with Gasteiger partial charge in [-0.3, -0.25) is 9.59 Å². The minimum Gasteiger partial charge on any atom is -0.459 e. The Morgan fingerprint density at radius 1 is 1.32 bits per heavy atom. The van der Waals surface area contributed by atoms with Gasteiger partial charge < -0.3 is 15.5 Å². The van der Waals surface area contributed by atoms with Crippen LogP contribution in [0.25, 0.3) is 0 Å². The lowest BCUT2D eigenvalue weighted by molar-refractivity contribution is 0.0922. The van der Waals surface area contributed by atoms with E-state index in [9.17, 15) is 9.59 Å². The number of benzene rings is 1. The van der Waals surface area contributed by atoms with E-state index in [4.69, 9.17) is 10.2 Å². The lowest BCUT2D eigenvalue weighted by Crippen LogP contribution is -2.23. The van der Waals surface area contributed by atoms with Crippen LogP contribution in [0.1, 0.15) is 32.0 Å². The number of nitrogens with one attached hydrogen (secondary N) is 1. The van der Waals surface area contributed by atoms with Crippen LogP contribution < -0.4 is 11.1 Å². The number of rotatable bonds is 4. The summed E-state index contributed by atoms with van der Waals surface area (Å²) >= 11 is 0. The highest BCUT2D eigenvalue weighted by Gasteiger charge is 2.12. The fourth-order valence-electron chi connectivity index (χ4n) is 1.70. The average Bonchev–Trinajstić information content (AvgIpc) is 2.82. The molecule has 1 heterocycles. The summed E-state index contributed by atoms with van der Waals surface area (Å²) in [6.07, 6.45) is 1.47. The largest absolute Gasteiger partial charge is 0.459 e. The van der Waals surface area contributed by atoms with Gasteiger partial charge in [-0.05, 0) is 30.7 Å². The molecule has 2 aromatic rings. The van der Waals surface area contributed by atoms with Gasteiger partial charge in [0.25, 0.3) is 5.91 Å². The van der Waals surface area contributed by atoms with Gasteiger partial charge in [-0.25, -0.2) is 0 Å². The fraction of sp³-hybridized carbons (Fsp3) is 0.143. The Morgan fingerprint density at radius 2 is 2.11 bits per heavy atom. The molecule has 0 aliphatic heterocycles. The quantitative estimate of drug-likeness (QED) is 0.873. The Kier molecular flexibility index (Phi) is 3.66. The summed E-state index contributed by atoms with van der Waals surface area (Å²) < 4.78 is 5.09. The van der Waals surface area contributed by atoms with Crippen LogP contribution in [0.15, 0.2) is 41.0 Å². The van der Waals surface area contributed by atoms with Gasteiger partial charge in [0.15, 0.2) is 5.76 Å². The number of carbonyl (C=O) groups is 2. The minimum absolute atomic E-state index is 0.285. The number of amides is 2. The SMILES string of the molecule is Cc1ccoc1C(=O)NCc1cccc(C(N)=O)c1. The molecule has 0 saturated carbocycles. The van der Waals surface area contributed by atoms with Gasteiger partial charge in [0.05, 0.1) is 6.26 Å². The van der Waals surface area contributed by atoms with Gasteiger partial charge in [0.1, 0.15) is 0 Å². The van der Waals surface area contributed by atoms with E-state index in [0.29, 0.717) is 17.9 Å². The second kappa shape index (κ2) is 5.39. The molecule has 0 radical (unpaired) electrons. The summed E-state index contributed by atoms with van der Waals surface area (Å²) in [5, 5.41) is 2.72. The average molecular weight is 258 g/mol. The van der Waals surface area contributed by atoms with Crippen LogP contribution in [0.3, 0.4) is 0 Å². The molecule has 1 aromatic heterocycles. The summed E-state index contributed by atoms with van der Waals surface area (Å²) in [6, 6.07) is 8.53. The van der Waals surface area contributed by atoms with Crippen LogP contribution in [0.2, 0.25) is 0 Å². The number of aryl methyl sites for hydroxylation is 1. The van der Waals surface area contributed by atoms with Crippen molar-refractivity contribution in [1.82, 2.24) is 5.32 Å². The van der Waals surface area contributed by atoms with Gasteiger partial charge >= 0.3 is 0 Å². The summed E-state index contributed by atoms with van der Waals surface area (Å²) in [6.45, 7) is 2.10. The zero-order valence-corrected chi connectivity index (χ0v) is 10.5. The van der Waals surface area contributed by atoms with Crippen molar-refractivity contribution >= 4 is 11.8 Å². The molecule has 5 nitrogen and oxygen atoms in total. The van der Waals surface area contributed by atoms with Gasteiger partial charge in [-0.2, -0.15) is 0 Å². The maximum Gasteiger partial charge on any atom is 0.287 e. The van der Waals surface area contributed by atoms with E-state index in [0.717, 1.165) is 11.1 Å². The van der Waals surface area contributed by atoms with Crippen molar-refractivity contribution in [3.63, 3.8) is 0 Å². The van der Waals surface area contributed by atoms with Crippen molar-refractivity contribution < 1.29 is 14.0 Å². The first kappa shape index (κ1) is 12.9. The van der Waals surface area contributed by atoms with E-state index in [1.54, 1.807) is 31.2 Å². The van der Waals surface area contributed by atoms with Crippen molar-refractivity contribution in [2.24, 2.45) is 5.73 Å². The van der Waals surface area contributed by atoms with Crippen LogP contribution in [-0.2, 0) is 6.54 Å². The number of primary amides is 1. The first-order chi connectivity index (χ1) is 9.08. The van der Waals surface area contributed by atoms with E-state index < -0.39 is 5.91 Å². The van der Waals surface area contributed by atoms with E-state index in [1.165, 1.54) is 6.26 Å². The first-order valence-corrected chi connectivity index (χ1v) is 5.79. The summed E-state index contributed by atoms with van der Waals surface area (Å²) in [5.41, 5.74) is 7.19. The standard InChI is InChI=1S/C14H14N2O3/c1-9-5-6-19-12(9)14(18)16-8-10-3-2-4-11(7-10)13(15)17/h2-7H,8H2,1H3,(H2,15,17)(H,16,18). The van der Waals surface area contributed by atoms with Crippen LogP contribution in [0.5, 0.6) is 0 Å². The molecule has 0 saturated heterocycles. The van der Waals surface area contributed by atoms with Gasteiger partial charge in [0.2, 0.25) is 5.91 Å². The van der Waals surface area contributed by atoms with E-state index in [1.807, 2.05) is 6.07 Å². The van der Waals surface area contributed by atoms with Gasteiger partial charge in [0, 0.05) is 17.7 Å². The molecule has 3 N–H and O–H groups in total. The molecule has 1 aromatic carbocycles. The van der Waals surface area contributed by atoms with Crippen LogP contribution >= 0.6 is 0 Å². The molecule has 2 amide bonds. The zero-order chi connectivity index (χ0) is 13.8. The molecule has 2 rings (SSSR count). The zero-order valence-electron chi connectivity index (χ0n) is 10.5. The number of hydrogen-bond acceptors (Lipinski definition) is 3. The first-order valence-electron chi connectivity index (χ1n) is 5.79. The molecule has 19 heavy (non-hydrogen) atoms. The Bertz CT molecular complexity index is 617. The Labute approximate surface area is 110 Å². The molecule has 0 bridgehead atoms. The van der Waals surface area contributed by atoms with Crippen LogP contribution in [0.4, 0.5) is 0 Å². The van der Waals surface area contributed by atoms with Crippen molar-refractivity contribution in [2.45, 2.75) is 13.5 Å². The maximum absolute atomic E-state index is 11.8.